The number of nitrogens with one attached hydrogen (secondary N) is 1. The maximum Gasteiger partial charge on any atom is 0.303 e. The molecule has 1 aromatic carbocycles. The van der Waals surface area contributed by atoms with E-state index in [4.69, 9.17) is 5.11 Å². The van der Waals surface area contributed by atoms with Gasteiger partial charge in [-0.15, -0.1) is 0 Å². The number of benzene rings is 1. The van der Waals surface area contributed by atoms with E-state index in [9.17, 15) is 17.6 Å². The molecule has 0 bridgehead atoms. The molecule has 7 heteroatoms. The molecule has 2 N–H and O–H groups in total. The highest BCUT2D eigenvalue weighted by atomic mass is 32.2. The fraction of sp³-hybridized carbons (Fsp3) is 0.462. The van der Waals surface area contributed by atoms with Crippen LogP contribution in [0.4, 0.5) is 4.39 Å². The molecule has 0 radical (unpaired) electrons. The zero-order valence-corrected chi connectivity index (χ0v) is 12.0. The lowest BCUT2D eigenvalue weighted by atomic mass is 10.0. The molecule has 112 valence electrons. The number of rotatable bonds is 8. The summed E-state index contributed by atoms with van der Waals surface area (Å²) in [5, 5.41) is 8.69. The Morgan fingerprint density at radius 3 is 2.45 bits per heavy atom. The van der Waals surface area contributed by atoms with E-state index < -0.39 is 21.8 Å². The van der Waals surface area contributed by atoms with Crippen molar-refractivity contribution in [3.63, 3.8) is 0 Å². The molecule has 5 nitrogen and oxygen atoms in total. The van der Waals surface area contributed by atoms with Crippen molar-refractivity contribution in [2.75, 3.05) is 6.54 Å². The average molecular weight is 303 g/mol. The zero-order chi connectivity index (χ0) is 15.2. The molecule has 0 heterocycles. The Bertz CT molecular complexity index is 542. The summed E-state index contributed by atoms with van der Waals surface area (Å²) in [4.78, 5) is 10.6. The summed E-state index contributed by atoms with van der Waals surface area (Å²) in [6.07, 6.45) is 0.501. The van der Waals surface area contributed by atoms with E-state index in [0.29, 0.717) is 12.0 Å². The van der Waals surface area contributed by atoms with Gasteiger partial charge in [0.15, 0.2) is 0 Å². The molecule has 1 aromatic rings. The third-order valence-corrected chi connectivity index (χ3v) is 4.22. The summed E-state index contributed by atoms with van der Waals surface area (Å²) in [6, 6.07) is 5.21. The molecule has 0 spiro atoms. The van der Waals surface area contributed by atoms with E-state index in [1.165, 1.54) is 24.3 Å². The number of carboxylic acids is 1. The van der Waals surface area contributed by atoms with Crippen molar-refractivity contribution in [1.82, 2.24) is 4.72 Å². The van der Waals surface area contributed by atoms with Crippen LogP contribution in [0.5, 0.6) is 0 Å². The molecule has 1 unspecified atom stereocenters. The number of hydrogen-bond donors (Lipinski definition) is 2. The van der Waals surface area contributed by atoms with Gasteiger partial charge in [0.25, 0.3) is 0 Å². The Hall–Kier alpha value is -1.47. The SMILES string of the molecule is CCC(CNS(=O)(=O)Cc1ccc(F)cc1)CC(=O)O. The Morgan fingerprint density at radius 1 is 1.35 bits per heavy atom. The van der Waals surface area contributed by atoms with Crippen molar-refractivity contribution in [1.29, 1.82) is 0 Å². The fourth-order valence-corrected chi connectivity index (χ4v) is 2.93. The van der Waals surface area contributed by atoms with Gasteiger partial charge in [0.1, 0.15) is 5.82 Å². The minimum atomic E-state index is -3.55. The van der Waals surface area contributed by atoms with Gasteiger partial charge in [-0.2, -0.15) is 0 Å². The lowest BCUT2D eigenvalue weighted by molar-refractivity contribution is -0.138. The van der Waals surface area contributed by atoms with Crippen molar-refractivity contribution in [3.8, 4) is 0 Å². The van der Waals surface area contributed by atoms with Gasteiger partial charge in [-0.1, -0.05) is 25.5 Å². The van der Waals surface area contributed by atoms with Crippen LogP contribution in [0.15, 0.2) is 24.3 Å². The number of carboxylic acid groups (broad SMARTS) is 1. The first-order chi connectivity index (χ1) is 9.32. The second-order valence-corrected chi connectivity index (χ2v) is 6.41. The number of sulfonamides is 1. The summed E-state index contributed by atoms with van der Waals surface area (Å²) in [6.45, 7) is 1.90. The molecular formula is C13H18FNO4S. The molecule has 0 aliphatic carbocycles. The highest BCUT2D eigenvalue weighted by Gasteiger charge is 2.16. The molecule has 20 heavy (non-hydrogen) atoms. The minimum Gasteiger partial charge on any atom is -0.481 e. The number of aliphatic carboxylic acids is 1. The van der Waals surface area contributed by atoms with Gasteiger partial charge >= 0.3 is 5.97 Å². The first-order valence-electron chi connectivity index (χ1n) is 6.26. The molecular weight excluding hydrogens is 285 g/mol. The summed E-state index contributed by atoms with van der Waals surface area (Å²) in [5.74, 6) is -1.87. The smallest absolute Gasteiger partial charge is 0.303 e. The van der Waals surface area contributed by atoms with E-state index in [-0.39, 0.29) is 24.6 Å². The van der Waals surface area contributed by atoms with Crippen LogP contribution in [-0.4, -0.2) is 26.0 Å². The van der Waals surface area contributed by atoms with Gasteiger partial charge in [-0.3, -0.25) is 4.79 Å². The van der Waals surface area contributed by atoms with Crippen LogP contribution >= 0.6 is 0 Å². The van der Waals surface area contributed by atoms with Crippen molar-refractivity contribution in [2.24, 2.45) is 5.92 Å². The first kappa shape index (κ1) is 16.6. The van der Waals surface area contributed by atoms with Crippen molar-refractivity contribution in [2.45, 2.75) is 25.5 Å². The van der Waals surface area contributed by atoms with E-state index in [0.717, 1.165) is 0 Å². The van der Waals surface area contributed by atoms with Crippen LogP contribution in [0.3, 0.4) is 0 Å². The lowest BCUT2D eigenvalue weighted by Crippen LogP contribution is -2.31. The van der Waals surface area contributed by atoms with Gasteiger partial charge in [-0.05, 0) is 23.6 Å². The monoisotopic (exact) mass is 303 g/mol. The van der Waals surface area contributed by atoms with Crippen molar-refractivity contribution < 1.29 is 22.7 Å². The largest absolute Gasteiger partial charge is 0.481 e. The zero-order valence-electron chi connectivity index (χ0n) is 11.2. The summed E-state index contributed by atoms with van der Waals surface area (Å²) >= 11 is 0. The topological polar surface area (TPSA) is 83.5 Å². The summed E-state index contributed by atoms with van der Waals surface area (Å²) in [5.41, 5.74) is 0.477. The van der Waals surface area contributed by atoms with Gasteiger partial charge in [0.2, 0.25) is 10.0 Å². The summed E-state index contributed by atoms with van der Waals surface area (Å²) in [7, 11) is -3.55. The molecule has 0 saturated heterocycles. The van der Waals surface area contributed by atoms with Crippen molar-refractivity contribution >= 4 is 16.0 Å². The molecule has 0 saturated carbocycles. The van der Waals surface area contributed by atoms with E-state index in [1.54, 1.807) is 0 Å². The Balaban J connectivity index is 2.56. The lowest BCUT2D eigenvalue weighted by Gasteiger charge is -2.13. The predicted molar refractivity (Wildman–Crippen MR) is 73.1 cm³/mol. The molecule has 1 rings (SSSR count). The van der Waals surface area contributed by atoms with Gasteiger partial charge in [0, 0.05) is 13.0 Å². The predicted octanol–water partition coefficient (Wildman–Crippen LogP) is 1.75. The molecule has 0 aliphatic heterocycles. The quantitative estimate of drug-likeness (QED) is 0.766. The fourth-order valence-electron chi connectivity index (χ4n) is 1.70. The second-order valence-electron chi connectivity index (χ2n) is 4.61. The molecule has 0 amide bonds. The highest BCUT2D eigenvalue weighted by molar-refractivity contribution is 7.88. The van der Waals surface area contributed by atoms with E-state index in [1.807, 2.05) is 6.92 Å². The molecule has 0 fully saturated rings. The van der Waals surface area contributed by atoms with E-state index in [2.05, 4.69) is 4.72 Å². The molecule has 0 aromatic heterocycles. The highest BCUT2D eigenvalue weighted by Crippen LogP contribution is 2.10. The first-order valence-corrected chi connectivity index (χ1v) is 7.91. The third kappa shape index (κ3) is 6.12. The summed E-state index contributed by atoms with van der Waals surface area (Å²) < 4.78 is 38.8. The van der Waals surface area contributed by atoms with Crippen LogP contribution in [0.2, 0.25) is 0 Å². The maximum absolute atomic E-state index is 12.7. The Morgan fingerprint density at radius 2 is 1.95 bits per heavy atom. The average Bonchev–Trinajstić information content (AvgIpc) is 2.36. The Labute approximate surface area is 117 Å². The van der Waals surface area contributed by atoms with Gasteiger partial charge in [-0.25, -0.2) is 17.5 Å². The van der Waals surface area contributed by atoms with Crippen molar-refractivity contribution in [3.05, 3.63) is 35.6 Å². The van der Waals surface area contributed by atoms with Crippen LogP contribution in [0.25, 0.3) is 0 Å². The van der Waals surface area contributed by atoms with Crippen LogP contribution < -0.4 is 4.72 Å². The number of hydrogen-bond acceptors (Lipinski definition) is 3. The van der Waals surface area contributed by atoms with Crippen LogP contribution in [0, 0.1) is 11.7 Å². The Kier molecular flexibility index (Phi) is 6.09. The standard InChI is InChI=1S/C13H18FNO4S/c1-2-10(7-13(16)17)8-15-20(18,19)9-11-3-5-12(14)6-4-11/h3-6,10,15H,2,7-9H2,1H3,(H,16,17). The molecule has 0 aliphatic rings. The number of carbonyl (C=O) groups is 1. The van der Waals surface area contributed by atoms with E-state index >= 15 is 0 Å². The van der Waals surface area contributed by atoms with Crippen LogP contribution in [0.1, 0.15) is 25.3 Å². The maximum atomic E-state index is 12.7. The normalized spacial score (nSPS) is 13.1. The second kappa shape index (κ2) is 7.35. The van der Waals surface area contributed by atoms with Gasteiger partial charge in [0.05, 0.1) is 5.75 Å². The third-order valence-electron chi connectivity index (χ3n) is 2.90. The van der Waals surface area contributed by atoms with Gasteiger partial charge < -0.3 is 5.11 Å². The van der Waals surface area contributed by atoms with Crippen LogP contribution in [-0.2, 0) is 20.6 Å². The number of halogens is 1. The minimum absolute atomic E-state index is 0.0738. The molecule has 1 atom stereocenters.